The summed E-state index contributed by atoms with van der Waals surface area (Å²) in [5, 5.41) is 3.55. The van der Waals surface area contributed by atoms with E-state index in [-0.39, 0.29) is 20.1 Å². The first-order valence-electron chi connectivity index (χ1n) is 21.7. The fourth-order valence-corrected chi connectivity index (χ4v) is 9.99. The van der Waals surface area contributed by atoms with E-state index in [0.29, 0.717) is 23.5 Å². The number of para-hydroxylation sites is 2. The molecule has 0 atom stereocenters. The summed E-state index contributed by atoms with van der Waals surface area (Å²) in [5.74, 6) is 2.25. The average Bonchev–Trinajstić information content (AvgIpc) is 3.81. The number of benzene rings is 5. The molecule has 5 nitrogen and oxygen atoms in total. The molecule has 7 heteroatoms. The Hall–Kier alpha value is -5.46. The maximum atomic E-state index is 6.16. The molecule has 0 N–H and O–H groups in total. The fraction of sp³-hybridized carbons (Fsp3) is 0.255. The van der Waals surface area contributed by atoms with Crippen molar-refractivity contribution in [2.75, 3.05) is 0 Å². The number of hydrogen-bond donors (Lipinski definition) is 0. The van der Waals surface area contributed by atoms with Crippen LogP contribution < -0.4 is 5.19 Å². The van der Waals surface area contributed by atoms with Crippen molar-refractivity contribution in [2.24, 2.45) is 5.92 Å². The average molecular weight is 1010 g/mol. The van der Waals surface area contributed by atoms with E-state index in [1.165, 1.54) is 38.7 Å². The van der Waals surface area contributed by atoms with Crippen LogP contribution in [0, 0.1) is 25.0 Å². The van der Waals surface area contributed by atoms with E-state index in [2.05, 4.69) is 180 Å². The second-order valence-electron chi connectivity index (χ2n) is 18.3. The van der Waals surface area contributed by atoms with Gasteiger partial charge in [0.1, 0.15) is 0 Å². The van der Waals surface area contributed by atoms with E-state index in [1.54, 1.807) is 0 Å². The Balaban J connectivity index is 0.000000186. The van der Waals surface area contributed by atoms with Gasteiger partial charge < -0.3 is 14.0 Å². The van der Waals surface area contributed by atoms with Gasteiger partial charge in [-0.25, -0.2) is 4.98 Å². The summed E-state index contributed by atoms with van der Waals surface area (Å²) in [4.78, 5) is 14.5. The van der Waals surface area contributed by atoms with Gasteiger partial charge in [0.2, 0.25) is 5.71 Å². The van der Waals surface area contributed by atoms with E-state index in [4.69, 9.17) is 14.4 Å². The molecular weight excluding hydrogens is 953 g/mol. The topological polar surface area (TPSA) is 56.7 Å². The minimum absolute atomic E-state index is 0. The van der Waals surface area contributed by atoms with Crippen LogP contribution in [0.1, 0.15) is 75.8 Å². The predicted molar refractivity (Wildman–Crippen MR) is 259 cm³/mol. The first-order valence-corrected chi connectivity index (χ1v) is 25.2. The molecule has 0 spiro atoms. The molecule has 9 aromatic rings. The zero-order valence-electron chi connectivity index (χ0n) is 37.6. The van der Waals surface area contributed by atoms with E-state index < -0.39 is 8.07 Å². The fourth-order valence-electron chi connectivity index (χ4n) is 8.40. The Morgan fingerprint density at radius 2 is 1.39 bits per heavy atom. The molecule has 0 unspecified atom stereocenters. The molecule has 0 aliphatic rings. The summed E-state index contributed by atoms with van der Waals surface area (Å²) in [6.07, 6.45) is 3.16. The number of imidazole rings is 1. The molecule has 0 saturated carbocycles. The van der Waals surface area contributed by atoms with Crippen LogP contribution in [0.3, 0.4) is 0 Å². The Morgan fingerprint density at radius 1 is 0.694 bits per heavy atom. The molecule has 0 aliphatic carbocycles. The Kier molecular flexibility index (Phi) is 13.3. The molecule has 317 valence electrons. The van der Waals surface area contributed by atoms with Gasteiger partial charge in [-0.15, -0.1) is 54.1 Å². The van der Waals surface area contributed by atoms with Crippen molar-refractivity contribution in [3.8, 4) is 39.5 Å². The third kappa shape index (κ3) is 9.03. The van der Waals surface area contributed by atoms with E-state index in [1.807, 2.05) is 37.3 Å². The molecule has 0 bridgehead atoms. The second-order valence-corrected chi connectivity index (χ2v) is 23.3. The van der Waals surface area contributed by atoms with Gasteiger partial charge in [0, 0.05) is 43.1 Å². The van der Waals surface area contributed by atoms with Crippen LogP contribution in [-0.2, 0) is 26.5 Å². The summed E-state index contributed by atoms with van der Waals surface area (Å²) in [6.45, 7) is 22.8. The van der Waals surface area contributed by atoms with E-state index >= 15 is 0 Å². The van der Waals surface area contributed by atoms with Gasteiger partial charge in [-0.3, -0.25) is 4.98 Å². The number of nitrogens with zero attached hydrogens (tertiary/aromatic N) is 4. The largest absolute Gasteiger partial charge is 0.486 e. The molecule has 1 radical (unpaired) electrons. The smallest absolute Gasteiger partial charge is 0.216 e. The number of pyridine rings is 2. The maximum absolute atomic E-state index is 6.16. The Bertz CT molecular complexity index is 2950. The third-order valence-electron chi connectivity index (χ3n) is 11.4. The third-order valence-corrected chi connectivity index (χ3v) is 13.4. The standard InChI is InChI=1S/C31H29N2.C24H27N2OSi.Ir/c1-21(2)26-19-25(23-13-7-5-8-14-23)20-27(22(3)4)30(26)33-29-18-12-11-17-28(29)32-31(33)24-15-9-6-10-16-24;1-15(2)12-17-13-21(25-14-22(17)28(4,5)6)20-9-7-8-18-19-11-10-16(3)26-24(19)27-23(18)20;/h5-15,17-22H,1-4H3;7-8,10-11,13-15H,12H2,1-6H3;/q2*-1;. The van der Waals surface area contributed by atoms with Crippen molar-refractivity contribution in [3.05, 3.63) is 162 Å². The van der Waals surface area contributed by atoms with Crippen molar-refractivity contribution in [1.82, 2.24) is 19.5 Å². The van der Waals surface area contributed by atoms with Gasteiger partial charge in [-0.1, -0.05) is 126 Å². The quantitative estimate of drug-likeness (QED) is 0.107. The summed E-state index contributed by atoms with van der Waals surface area (Å²) < 4.78 is 8.53. The first-order chi connectivity index (χ1) is 29.3. The van der Waals surface area contributed by atoms with Crippen molar-refractivity contribution >= 4 is 46.4 Å². The van der Waals surface area contributed by atoms with Gasteiger partial charge in [0.05, 0.1) is 30.5 Å². The van der Waals surface area contributed by atoms with Gasteiger partial charge >= 0.3 is 0 Å². The zero-order valence-corrected chi connectivity index (χ0v) is 41.0. The summed E-state index contributed by atoms with van der Waals surface area (Å²) in [7, 11) is -1.46. The minimum atomic E-state index is -1.46. The number of furan rings is 1. The van der Waals surface area contributed by atoms with Gasteiger partial charge in [0.25, 0.3) is 0 Å². The van der Waals surface area contributed by atoms with Gasteiger partial charge in [-0.05, 0) is 101 Å². The zero-order chi connectivity index (χ0) is 43.0. The SMILES string of the molecule is CC(C)c1cc(-c2ccccc2)cc(C(C)C)c1-n1c(-c2[c-]cccc2)nc2ccccc21.Cc1ccc2c(n1)oc1c(-c3cc(CC(C)C)c([Si](C)(C)C)cn3)[c-]ccc12.[Ir]. The number of rotatable bonds is 9. The van der Waals surface area contributed by atoms with Crippen LogP contribution in [0.5, 0.6) is 0 Å². The van der Waals surface area contributed by atoms with Crippen LogP contribution in [0.4, 0.5) is 0 Å². The maximum Gasteiger partial charge on any atom is 0.216 e. The minimum Gasteiger partial charge on any atom is -0.486 e. The monoisotopic (exact) mass is 1010 g/mol. The van der Waals surface area contributed by atoms with Crippen LogP contribution in [0.15, 0.2) is 132 Å². The van der Waals surface area contributed by atoms with Crippen LogP contribution in [0.25, 0.3) is 72.6 Å². The second kappa shape index (κ2) is 18.5. The molecule has 9 rings (SSSR count). The molecule has 0 fully saturated rings. The molecule has 4 aromatic heterocycles. The molecule has 62 heavy (non-hydrogen) atoms. The molecule has 0 aliphatic heterocycles. The molecule has 0 amide bonds. The van der Waals surface area contributed by atoms with Crippen molar-refractivity contribution < 1.29 is 24.5 Å². The summed E-state index contributed by atoms with van der Waals surface area (Å²) in [6, 6.07) is 49.1. The number of aryl methyl sites for hydroxylation is 1. The van der Waals surface area contributed by atoms with Crippen LogP contribution in [0.2, 0.25) is 19.6 Å². The van der Waals surface area contributed by atoms with Crippen molar-refractivity contribution in [1.29, 1.82) is 0 Å². The first kappa shape index (κ1) is 44.6. The Labute approximate surface area is 382 Å². The predicted octanol–water partition coefficient (Wildman–Crippen LogP) is 14.3. The van der Waals surface area contributed by atoms with Gasteiger partial charge in [-0.2, -0.15) is 0 Å². The summed E-state index contributed by atoms with van der Waals surface area (Å²) >= 11 is 0. The summed E-state index contributed by atoms with van der Waals surface area (Å²) in [5.41, 5.74) is 15.3. The molecular formula is C55H56IrN4OSi-2. The normalized spacial score (nSPS) is 11.8. The van der Waals surface area contributed by atoms with Gasteiger partial charge in [0.15, 0.2) is 0 Å². The molecule has 5 aromatic carbocycles. The Morgan fingerprint density at radius 3 is 2.05 bits per heavy atom. The molecule has 0 saturated heterocycles. The number of hydrogen-bond acceptors (Lipinski definition) is 4. The van der Waals surface area contributed by atoms with E-state index in [9.17, 15) is 0 Å². The van der Waals surface area contributed by atoms with Crippen LogP contribution in [-0.4, -0.2) is 27.6 Å². The molecule has 4 heterocycles. The van der Waals surface area contributed by atoms with Crippen molar-refractivity contribution in [3.63, 3.8) is 0 Å². The van der Waals surface area contributed by atoms with E-state index in [0.717, 1.165) is 62.1 Å². The van der Waals surface area contributed by atoms with Crippen LogP contribution >= 0.6 is 0 Å². The number of fused-ring (bicyclic) bond motifs is 4. The van der Waals surface area contributed by atoms with Crippen molar-refractivity contribution in [2.45, 2.75) is 86.4 Å². The number of aromatic nitrogens is 4.